The van der Waals surface area contributed by atoms with Gasteiger partial charge in [-0.25, -0.2) is 8.78 Å². The first-order valence-corrected chi connectivity index (χ1v) is 10.8. The average molecular weight is 484 g/mol. The zero-order chi connectivity index (χ0) is 24.4. The molecule has 0 N–H and O–H groups in total. The molecule has 0 spiro atoms. The van der Waals surface area contributed by atoms with Gasteiger partial charge in [0.15, 0.2) is 23.2 Å². The Kier molecular flexibility index (Phi) is 6.65. The highest BCUT2D eigenvalue weighted by Crippen LogP contribution is 2.32. The van der Waals surface area contributed by atoms with Gasteiger partial charge in [0.25, 0.3) is 0 Å². The van der Waals surface area contributed by atoms with Gasteiger partial charge in [-0.2, -0.15) is 0 Å². The van der Waals surface area contributed by atoms with Crippen molar-refractivity contribution in [2.75, 3.05) is 13.2 Å². The molecule has 0 radical (unpaired) electrons. The Bertz CT molecular complexity index is 1450. The van der Waals surface area contributed by atoms with E-state index in [1.165, 1.54) is 13.0 Å². The van der Waals surface area contributed by atoms with Crippen molar-refractivity contribution in [3.63, 3.8) is 0 Å². The number of aryl methyl sites for hydroxylation is 1. The Balaban J connectivity index is 1.67. The predicted octanol–water partition coefficient (Wildman–Crippen LogP) is 5.80. The van der Waals surface area contributed by atoms with Crippen LogP contribution in [0.4, 0.5) is 8.78 Å². The van der Waals surface area contributed by atoms with Crippen molar-refractivity contribution in [1.29, 1.82) is 0 Å². The molecule has 0 fully saturated rings. The molecule has 0 aliphatic rings. The maximum absolute atomic E-state index is 14.0. The van der Waals surface area contributed by atoms with E-state index in [2.05, 4.69) is 0 Å². The molecule has 0 amide bonds. The fraction of sp³-hybridized carbons (Fsp3) is 0.154. The maximum atomic E-state index is 14.0. The molecule has 0 saturated heterocycles. The zero-order valence-electron chi connectivity index (χ0n) is 18.4. The molecule has 1 heterocycles. The number of halogens is 3. The van der Waals surface area contributed by atoms with Gasteiger partial charge in [0, 0.05) is 28.6 Å². The van der Waals surface area contributed by atoms with Crippen LogP contribution < -0.4 is 14.9 Å². The van der Waals surface area contributed by atoms with Gasteiger partial charge < -0.3 is 14.0 Å². The number of hydrogen-bond acceptors (Lipinski definition) is 4. The molecule has 4 rings (SSSR count). The molecule has 1 aromatic heterocycles. The Morgan fingerprint density at radius 1 is 0.941 bits per heavy atom. The summed E-state index contributed by atoms with van der Waals surface area (Å²) in [7, 11) is 1.69. The first-order valence-electron chi connectivity index (χ1n) is 10.4. The molecule has 174 valence electrons. The molecule has 0 unspecified atom stereocenters. The number of ether oxygens (including phenoxy) is 2. The van der Waals surface area contributed by atoms with Gasteiger partial charge in [-0.1, -0.05) is 11.6 Å². The van der Waals surface area contributed by atoms with E-state index >= 15 is 0 Å². The molecule has 0 atom stereocenters. The van der Waals surface area contributed by atoms with Gasteiger partial charge in [-0.05, 0) is 67.6 Å². The third kappa shape index (κ3) is 4.65. The molecule has 0 aliphatic carbocycles. The second-order valence-electron chi connectivity index (χ2n) is 7.63. The summed E-state index contributed by atoms with van der Waals surface area (Å²) in [5, 5.41) is 0.797. The van der Waals surface area contributed by atoms with Crippen molar-refractivity contribution in [3.05, 3.63) is 93.1 Å². The van der Waals surface area contributed by atoms with Crippen LogP contribution in [0.5, 0.6) is 11.5 Å². The lowest BCUT2D eigenvalue weighted by atomic mass is 10.1. The number of aromatic nitrogens is 1. The first kappa shape index (κ1) is 23.4. The summed E-state index contributed by atoms with van der Waals surface area (Å²) in [6.45, 7) is 1.60. The molecule has 0 aliphatic heterocycles. The predicted molar refractivity (Wildman–Crippen MR) is 127 cm³/mol. The van der Waals surface area contributed by atoms with Crippen LogP contribution in [-0.2, 0) is 7.05 Å². The van der Waals surface area contributed by atoms with Gasteiger partial charge in [0.1, 0.15) is 19.0 Å². The Morgan fingerprint density at radius 2 is 1.65 bits per heavy atom. The van der Waals surface area contributed by atoms with Crippen molar-refractivity contribution in [3.8, 4) is 22.8 Å². The van der Waals surface area contributed by atoms with Crippen LogP contribution in [0.1, 0.15) is 17.3 Å². The number of fused-ring (bicyclic) bond motifs is 1. The van der Waals surface area contributed by atoms with E-state index in [9.17, 15) is 18.4 Å². The number of Topliss-reactive ketones (excluding diaryl/α,β-unsaturated/α-hetero) is 1. The SMILES string of the molecule is CC(=O)c1ccc(OCCOc2c(-c3ccc(F)c(F)c3)n(C)c3cc(Cl)ccc3c2=O)cc1. The van der Waals surface area contributed by atoms with Crippen LogP contribution in [0.15, 0.2) is 65.5 Å². The van der Waals surface area contributed by atoms with Crippen LogP contribution >= 0.6 is 11.6 Å². The van der Waals surface area contributed by atoms with Crippen molar-refractivity contribution >= 4 is 28.3 Å². The highest BCUT2D eigenvalue weighted by Gasteiger charge is 2.20. The summed E-state index contributed by atoms with van der Waals surface area (Å²) in [5.41, 5.74) is 1.24. The minimum absolute atomic E-state index is 0.0134. The monoisotopic (exact) mass is 483 g/mol. The molecule has 8 heteroatoms. The van der Waals surface area contributed by atoms with Gasteiger partial charge >= 0.3 is 0 Å². The number of benzene rings is 3. The minimum atomic E-state index is -1.04. The summed E-state index contributed by atoms with van der Waals surface area (Å²) in [6.07, 6.45) is 0. The van der Waals surface area contributed by atoms with Crippen molar-refractivity contribution in [2.24, 2.45) is 7.05 Å². The van der Waals surface area contributed by atoms with E-state index in [4.69, 9.17) is 21.1 Å². The lowest BCUT2D eigenvalue weighted by Crippen LogP contribution is -2.18. The lowest BCUT2D eigenvalue weighted by molar-refractivity contribution is 0.101. The minimum Gasteiger partial charge on any atom is -0.490 e. The normalized spacial score (nSPS) is 11.0. The van der Waals surface area contributed by atoms with Gasteiger partial charge in [-0.3, -0.25) is 9.59 Å². The average Bonchev–Trinajstić information content (AvgIpc) is 2.82. The highest BCUT2D eigenvalue weighted by atomic mass is 35.5. The third-order valence-corrected chi connectivity index (χ3v) is 5.61. The van der Waals surface area contributed by atoms with Gasteiger partial charge in [-0.15, -0.1) is 0 Å². The van der Waals surface area contributed by atoms with Crippen LogP contribution in [0, 0.1) is 11.6 Å². The Labute approximate surface area is 199 Å². The smallest absolute Gasteiger partial charge is 0.231 e. The summed E-state index contributed by atoms with van der Waals surface area (Å²) in [6, 6.07) is 14.9. The summed E-state index contributed by atoms with van der Waals surface area (Å²) in [5.74, 6) is -1.56. The largest absolute Gasteiger partial charge is 0.490 e. The summed E-state index contributed by atoms with van der Waals surface area (Å²) >= 11 is 6.12. The third-order valence-electron chi connectivity index (χ3n) is 5.37. The molecule has 0 bridgehead atoms. The molecule has 0 saturated carbocycles. The van der Waals surface area contributed by atoms with Crippen LogP contribution in [0.3, 0.4) is 0 Å². The van der Waals surface area contributed by atoms with Crippen molar-refractivity contribution in [1.82, 2.24) is 4.57 Å². The zero-order valence-corrected chi connectivity index (χ0v) is 19.2. The summed E-state index contributed by atoms with van der Waals surface area (Å²) in [4.78, 5) is 24.7. The summed E-state index contributed by atoms with van der Waals surface area (Å²) < 4.78 is 40.7. The fourth-order valence-corrected chi connectivity index (χ4v) is 3.83. The molecular weight excluding hydrogens is 464 g/mol. The van der Waals surface area contributed by atoms with Crippen LogP contribution in [0.25, 0.3) is 22.2 Å². The second-order valence-corrected chi connectivity index (χ2v) is 8.07. The number of nitrogens with zero attached hydrogens (tertiary/aromatic N) is 1. The number of rotatable bonds is 7. The van der Waals surface area contributed by atoms with E-state index in [-0.39, 0.29) is 36.0 Å². The quantitative estimate of drug-likeness (QED) is 0.246. The number of hydrogen-bond donors (Lipinski definition) is 0. The fourth-order valence-electron chi connectivity index (χ4n) is 3.67. The maximum Gasteiger partial charge on any atom is 0.231 e. The molecule has 34 heavy (non-hydrogen) atoms. The number of carbonyl (C=O) groups excluding carboxylic acids is 1. The van der Waals surface area contributed by atoms with E-state index in [1.54, 1.807) is 54.1 Å². The topological polar surface area (TPSA) is 57.5 Å². The van der Waals surface area contributed by atoms with Crippen molar-refractivity contribution in [2.45, 2.75) is 6.92 Å². The second kappa shape index (κ2) is 9.65. The molecule has 3 aromatic carbocycles. The Morgan fingerprint density at radius 3 is 2.32 bits per heavy atom. The van der Waals surface area contributed by atoms with Crippen LogP contribution in [0.2, 0.25) is 5.02 Å². The molecule has 4 aromatic rings. The number of carbonyl (C=O) groups is 1. The van der Waals surface area contributed by atoms with Gasteiger partial charge in [0.05, 0.1) is 11.2 Å². The first-order chi connectivity index (χ1) is 16.3. The molecular formula is C26H20ClF2NO4. The number of pyridine rings is 1. The highest BCUT2D eigenvalue weighted by molar-refractivity contribution is 6.31. The van der Waals surface area contributed by atoms with E-state index in [0.29, 0.717) is 27.2 Å². The van der Waals surface area contributed by atoms with E-state index < -0.39 is 17.1 Å². The van der Waals surface area contributed by atoms with E-state index in [0.717, 1.165) is 12.1 Å². The van der Waals surface area contributed by atoms with Gasteiger partial charge in [0.2, 0.25) is 5.43 Å². The Hall–Kier alpha value is -3.71. The number of ketones is 1. The van der Waals surface area contributed by atoms with Crippen molar-refractivity contribution < 1.29 is 23.0 Å². The molecule has 5 nitrogen and oxygen atoms in total. The van der Waals surface area contributed by atoms with Crippen LogP contribution in [-0.4, -0.2) is 23.6 Å². The standard InChI is InChI=1S/C26H20ClF2NO4/c1-15(31)16-3-7-19(8-4-16)33-11-12-34-26-24(17-5-10-21(28)22(29)13-17)30(2)23-14-18(27)6-9-20(23)25(26)32/h3-10,13-14H,11-12H2,1-2H3. The van der Waals surface area contributed by atoms with E-state index in [1.807, 2.05) is 0 Å². The lowest BCUT2D eigenvalue weighted by Gasteiger charge is -2.18.